The van der Waals surface area contributed by atoms with Crippen LogP contribution in [0.3, 0.4) is 0 Å². The molecule has 1 aliphatic rings. The van der Waals surface area contributed by atoms with Crippen LogP contribution in [-0.4, -0.2) is 55.7 Å². The predicted octanol–water partition coefficient (Wildman–Crippen LogP) is 4.72. The van der Waals surface area contributed by atoms with E-state index in [0.29, 0.717) is 36.8 Å². The fourth-order valence-electron chi connectivity index (χ4n) is 4.07. The van der Waals surface area contributed by atoms with Crippen LogP contribution in [0.25, 0.3) is 21.2 Å². The van der Waals surface area contributed by atoms with E-state index in [4.69, 9.17) is 18.9 Å². The van der Waals surface area contributed by atoms with E-state index in [1.165, 1.54) is 5.56 Å². The summed E-state index contributed by atoms with van der Waals surface area (Å²) in [4.78, 5) is 22.0. The molecular weight excluding hydrogens is 426 g/mol. The molecule has 166 valence electrons. The van der Waals surface area contributed by atoms with Crippen LogP contribution >= 0.6 is 11.3 Å². The number of carbonyl (C=O) groups is 1. The van der Waals surface area contributed by atoms with Crippen LogP contribution in [0.1, 0.15) is 23.0 Å². The van der Waals surface area contributed by atoms with E-state index in [0.717, 1.165) is 39.6 Å². The number of aromatic nitrogens is 1. The minimum absolute atomic E-state index is 0.0925. The molecule has 32 heavy (non-hydrogen) atoms. The molecule has 0 N–H and O–H groups in total. The Balaban J connectivity index is 1.32. The molecule has 0 radical (unpaired) electrons. The number of rotatable bonds is 5. The largest absolute Gasteiger partial charge is 0.494 e. The number of thiazole rings is 1. The van der Waals surface area contributed by atoms with Gasteiger partial charge in [-0.2, -0.15) is 0 Å². The Kier molecular flexibility index (Phi) is 5.38. The highest BCUT2D eigenvalue weighted by molar-refractivity contribution is 7.22. The molecule has 4 aromatic rings. The first-order chi connectivity index (χ1) is 15.6. The van der Waals surface area contributed by atoms with Crippen LogP contribution in [0.2, 0.25) is 0 Å². The van der Waals surface area contributed by atoms with Gasteiger partial charge in [0.15, 0.2) is 22.2 Å². The van der Waals surface area contributed by atoms with Crippen LogP contribution in [0.15, 0.2) is 40.8 Å². The molecule has 1 fully saturated rings. The summed E-state index contributed by atoms with van der Waals surface area (Å²) < 4.78 is 18.2. The molecule has 7 nitrogen and oxygen atoms in total. The summed E-state index contributed by atoms with van der Waals surface area (Å²) in [5.74, 6) is 1.71. The van der Waals surface area contributed by atoms with Crippen molar-refractivity contribution in [1.82, 2.24) is 9.88 Å². The number of fused-ring (bicyclic) bond motifs is 2. The zero-order valence-electron chi connectivity index (χ0n) is 18.4. The number of ether oxygens (including phenoxy) is 2. The Bertz CT molecular complexity index is 1290. The minimum Gasteiger partial charge on any atom is -0.494 e. The van der Waals surface area contributed by atoms with Crippen molar-refractivity contribution < 1.29 is 18.7 Å². The van der Waals surface area contributed by atoms with Crippen molar-refractivity contribution in [2.24, 2.45) is 0 Å². The third kappa shape index (κ3) is 3.54. The first-order valence-corrected chi connectivity index (χ1v) is 11.5. The molecule has 0 spiro atoms. The highest BCUT2D eigenvalue weighted by Gasteiger charge is 2.27. The van der Waals surface area contributed by atoms with Gasteiger partial charge in [-0.3, -0.25) is 4.79 Å². The lowest BCUT2D eigenvalue weighted by Crippen LogP contribution is -2.48. The van der Waals surface area contributed by atoms with E-state index in [9.17, 15) is 4.79 Å². The average Bonchev–Trinajstić information content (AvgIpc) is 3.45. The van der Waals surface area contributed by atoms with Crippen LogP contribution in [0, 0.1) is 6.92 Å². The highest BCUT2D eigenvalue weighted by Crippen LogP contribution is 2.37. The molecular formula is C24H25N3O4S. The van der Waals surface area contributed by atoms with Crippen molar-refractivity contribution >= 4 is 43.6 Å². The number of methoxy groups -OCH3 is 1. The van der Waals surface area contributed by atoms with Gasteiger partial charge in [-0.1, -0.05) is 29.5 Å². The quantitative estimate of drug-likeness (QED) is 0.437. The second-order valence-electron chi connectivity index (χ2n) is 7.76. The van der Waals surface area contributed by atoms with Crippen LogP contribution in [0.4, 0.5) is 5.13 Å². The van der Waals surface area contributed by atoms with Crippen LogP contribution in [0.5, 0.6) is 11.5 Å². The van der Waals surface area contributed by atoms with Gasteiger partial charge in [0.1, 0.15) is 11.3 Å². The maximum Gasteiger partial charge on any atom is 0.289 e. The third-order valence-corrected chi connectivity index (χ3v) is 7.02. The van der Waals surface area contributed by atoms with Crippen molar-refractivity contribution in [2.75, 3.05) is 44.8 Å². The Morgan fingerprint density at radius 2 is 1.97 bits per heavy atom. The van der Waals surface area contributed by atoms with Crippen LogP contribution in [-0.2, 0) is 0 Å². The van der Waals surface area contributed by atoms with Gasteiger partial charge < -0.3 is 23.7 Å². The van der Waals surface area contributed by atoms with Gasteiger partial charge in [0.25, 0.3) is 5.91 Å². The SMILES string of the molecule is CCOc1cccc2cc(C(=O)N3CCN(c4nc5c(OC)ccc(C)c5s4)CC3)oc12. The smallest absolute Gasteiger partial charge is 0.289 e. The summed E-state index contributed by atoms with van der Waals surface area (Å²) in [5, 5.41) is 1.83. The number of benzene rings is 2. The molecule has 1 aliphatic heterocycles. The van der Waals surface area contributed by atoms with E-state index in [1.807, 2.05) is 36.1 Å². The molecule has 8 heteroatoms. The van der Waals surface area contributed by atoms with E-state index in [1.54, 1.807) is 24.5 Å². The molecule has 3 heterocycles. The normalized spacial score (nSPS) is 14.3. The lowest BCUT2D eigenvalue weighted by molar-refractivity contribution is 0.0717. The van der Waals surface area contributed by atoms with Gasteiger partial charge in [0.05, 0.1) is 18.4 Å². The number of aryl methyl sites for hydroxylation is 1. The molecule has 1 amide bonds. The van der Waals surface area contributed by atoms with Gasteiger partial charge in [0, 0.05) is 31.6 Å². The number of para-hydroxylation sites is 1. The van der Waals surface area contributed by atoms with Gasteiger partial charge in [-0.15, -0.1) is 0 Å². The summed E-state index contributed by atoms with van der Waals surface area (Å²) in [6, 6.07) is 11.5. The lowest BCUT2D eigenvalue weighted by Gasteiger charge is -2.34. The van der Waals surface area contributed by atoms with E-state index >= 15 is 0 Å². The van der Waals surface area contributed by atoms with Crippen molar-refractivity contribution in [2.45, 2.75) is 13.8 Å². The van der Waals surface area contributed by atoms with Gasteiger partial charge in [-0.05, 0) is 37.6 Å². The van der Waals surface area contributed by atoms with Crippen molar-refractivity contribution in [3.05, 3.63) is 47.7 Å². The summed E-state index contributed by atoms with van der Waals surface area (Å²) >= 11 is 1.67. The molecule has 1 saturated heterocycles. The monoisotopic (exact) mass is 451 g/mol. The van der Waals surface area contributed by atoms with Gasteiger partial charge in [0.2, 0.25) is 0 Å². The van der Waals surface area contributed by atoms with Gasteiger partial charge in [-0.25, -0.2) is 4.98 Å². The fourth-order valence-corrected chi connectivity index (χ4v) is 5.17. The Hall–Kier alpha value is -3.26. The molecule has 0 unspecified atom stereocenters. The molecule has 0 atom stereocenters. The number of piperazine rings is 1. The van der Waals surface area contributed by atoms with Crippen molar-refractivity contribution in [1.29, 1.82) is 0 Å². The first-order valence-electron chi connectivity index (χ1n) is 10.7. The topological polar surface area (TPSA) is 68.0 Å². The molecule has 0 bridgehead atoms. The first kappa shape index (κ1) is 20.6. The summed E-state index contributed by atoms with van der Waals surface area (Å²) in [6.45, 7) is 7.22. The number of anilines is 1. The maximum absolute atomic E-state index is 13.1. The minimum atomic E-state index is -0.0925. The summed E-state index contributed by atoms with van der Waals surface area (Å²) in [5.41, 5.74) is 2.71. The standard InChI is InChI=1S/C24H25N3O4S/c1-4-30-18-7-5-6-16-14-19(31-21(16)18)23(28)26-10-12-27(13-11-26)24-25-20-17(29-3)9-8-15(2)22(20)32-24/h5-9,14H,4,10-13H2,1-3H3. The zero-order chi connectivity index (χ0) is 22.2. The Morgan fingerprint density at radius 3 is 2.72 bits per heavy atom. The number of carbonyl (C=O) groups excluding carboxylic acids is 1. The fraction of sp³-hybridized carbons (Fsp3) is 0.333. The number of nitrogens with zero attached hydrogens (tertiary/aromatic N) is 3. The zero-order valence-corrected chi connectivity index (χ0v) is 19.2. The number of hydrogen-bond donors (Lipinski definition) is 0. The second-order valence-corrected chi connectivity index (χ2v) is 8.73. The second kappa shape index (κ2) is 8.35. The molecule has 2 aromatic carbocycles. The molecule has 5 rings (SSSR count). The van der Waals surface area contributed by atoms with Crippen molar-refractivity contribution in [3.63, 3.8) is 0 Å². The van der Waals surface area contributed by atoms with Gasteiger partial charge >= 0.3 is 0 Å². The number of hydrogen-bond acceptors (Lipinski definition) is 7. The number of amides is 1. The van der Waals surface area contributed by atoms with E-state index < -0.39 is 0 Å². The third-order valence-electron chi connectivity index (χ3n) is 5.77. The predicted molar refractivity (Wildman–Crippen MR) is 126 cm³/mol. The lowest BCUT2D eigenvalue weighted by atomic mass is 10.2. The molecule has 0 saturated carbocycles. The molecule has 2 aromatic heterocycles. The Morgan fingerprint density at radius 1 is 1.16 bits per heavy atom. The van der Waals surface area contributed by atoms with Crippen molar-refractivity contribution in [3.8, 4) is 11.5 Å². The van der Waals surface area contributed by atoms with Crippen LogP contribution < -0.4 is 14.4 Å². The highest BCUT2D eigenvalue weighted by atomic mass is 32.1. The molecule has 0 aliphatic carbocycles. The summed E-state index contributed by atoms with van der Waals surface area (Å²) in [6.07, 6.45) is 0. The Labute approximate surface area is 190 Å². The average molecular weight is 452 g/mol. The van der Waals surface area contributed by atoms with E-state index in [-0.39, 0.29) is 5.91 Å². The number of furan rings is 1. The van der Waals surface area contributed by atoms with E-state index in [2.05, 4.69) is 17.9 Å². The summed E-state index contributed by atoms with van der Waals surface area (Å²) in [7, 11) is 1.67. The maximum atomic E-state index is 13.1.